The molecule has 0 saturated carbocycles. The van der Waals surface area contributed by atoms with Gasteiger partial charge in [-0.15, -0.1) is 0 Å². The second-order valence-corrected chi connectivity index (χ2v) is 6.46. The molecule has 21 heavy (non-hydrogen) atoms. The van der Waals surface area contributed by atoms with Gasteiger partial charge >= 0.3 is 0 Å². The Bertz CT molecular complexity index is 750. The molecule has 1 atom stereocenters. The van der Waals surface area contributed by atoms with E-state index in [1.54, 1.807) is 6.07 Å². The highest BCUT2D eigenvalue weighted by molar-refractivity contribution is 14.1. The van der Waals surface area contributed by atoms with E-state index in [9.17, 15) is 4.39 Å². The fourth-order valence-electron chi connectivity index (χ4n) is 2.55. The quantitative estimate of drug-likeness (QED) is 0.555. The molecule has 108 valence electrons. The second kappa shape index (κ2) is 5.45. The predicted octanol–water partition coefficient (Wildman–Crippen LogP) is 2.67. The van der Waals surface area contributed by atoms with Crippen molar-refractivity contribution in [3.05, 3.63) is 50.1 Å². The van der Waals surface area contributed by atoms with E-state index in [1.165, 1.54) is 12.1 Å². The number of nitrogens with zero attached hydrogens (tertiary/aromatic N) is 2. The van der Waals surface area contributed by atoms with Crippen molar-refractivity contribution in [1.82, 2.24) is 15.3 Å². The van der Waals surface area contributed by atoms with Gasteiger partial charge in [0.25, 0.3) is 0 Å². The first-order valence-electron chi connectivity index (χ1n) is 6.34. The van der Waals surface area contributed by atoms with Crippen LogP contribution in [0.25, 0.3) is 0 Å². The Hall–Kier alpha value is -1.35. The first kappa shape index (κ1) is 14.6. The van der Waals surface area contributed by atoms with Crippen molar-refractivity contribution in [1.29, 1.82) is 0 Å². The van der Waals surface area contributed by atoms with Gasteiger partial charge < -0.3 is 11.1 Å². The Morgan fingerprint density at radius 1 is 1.43 bits per heavy atom. The molecule has 0 unspecified atom stereocenters. The Morgan fingerprint density at radius 3 is 2.90 bits per heavy atom. The van der Waals surface area contributed by atoms with E-state index in [0.717, 1.165) is 26.1 Å². The molecule has 0 bridgehead atoms. The van der Waals surface area contributed by atoms with Gasteiger partial charge in [0.1, 0.15) is 10.8 Å². The number of hydrogen-bond donors (Lipinski definition) is 2. The van der Waals surface area contributed by atoms with Crippen LogP contribution < -0.4 is 11.1 Å². The average Bonchev–Trinajstić information content (AvgIpc) is 2.36. The molecule has 3 rings (SSSR count). The molecule has 1 aromatic carbocycles. The molecular formula is C14H12FIN4S. The molecule has 2 heterocycles. The molecule has 0 radical (unpaired) electrons. The number of nitrogen functional groups attached to an aromatic ring is 1. The summed E-state index contributed by atoms with van der Waals surface area (Å²) in [5, 5.41) is 3.29. The van der Waals surface area contributed by atoms with Gasteiger partial charge in [-0.2, -0.15) is 0 Å². The first-order valence-corrected chi connectivity index (χ1v) is 7.83. The van der Waals surface area contributed by atoms with Crippen molar-refractivity contribution >= 4 is 45.7 Å². The minimum Gasteiger partial charge on any atom is -0.368 e. The summed E-state index contributed by atoms with van der Waals surface area (Å²) in [6.45, 7) is 1.87. The van der Waals surface area contributed by atoms with Crippen LogP contribution in [0.1, 0.15) is 28.6 Å². The van der Waals surface area contributed by atoms with Crippen molar-refractivity contribution in [2.75, 3.05) is 5.73 Å². The van der Waals surface area contributed by atoms with Crippen molar-refractivity contribution in [2.24, 2.45) is 0 Å². The van der Waals surface area contributed by atoms with Crippen molar-refractivity contribution in [3.8, 4) is 0 Å². The smallest absolute Gasteiger partial charge is 0.220 e. The number of nitrogens with one attached hydrogen (secondary N) is 1. The molecule has 0 aliphatic carbocycles. The number of hydrogen-bond acceptors (Lipinski definition) is 4. The zero-order valence-electron chi connectivity index (χ0n) is 11.2. The van der Waals surface area contributed by atoms with Gasteiger partial charge in [0.05, 0.1) is 23.0 Å². The van der Waals surface area contributed by atoms with E-state index in [2.05, 4.69) is 37.9 Å². The molecule has 0 fully saturated rings. The van der Waals surface area contributed by atoms with Crippen LogP contribution in [0.3, 0.4) is 0 Å². The fourth-order valence-corrected chi connectivity index (χ4v) is 3.81. The third-order valence-electron chi connectivity index (χ3n) is 3.45. The number of anilines is 1. The Morgan fingerprint density at radius 2 is 2.19 bits per heavy atom. The zero-order valence-corrected chi connectivity index (χ0v) is 14.1. The van der Waals surface area contributed by atoms with Crippen LogP contribution in [0, 0.1) is 16.3 Å². The summed E-state index contributed by atoms with van der Waals surface area (Å²) in [6, 6.07) is 4.71. The largest absolute Gasteiger partial charge is 0.368 e. The molecule has 0 saturated heterocycles. The van der Waals surface area contributed by atoms with Crippen LogP contribution in [0.4, 0.5) is 10.3 Å². The Labute approximate surface area is 140 Å². The van der Waals surface area contributed by atoms with Gasteiger partial charge in [0.2, 0.25) is 5.95 Å². The number of nitrogens with two attached hydrogens (primary N) is 1. The summed E-state index contributed by atoms with van der Waals surface area (Å²) in [5.41, 5.74) is 9.20. The van der Waals surface area contributed by atoms with E-state index in [4.69, 9.17) is 18.0 Å². The van der Waals surface area contributed by atoms with Gasteiger partial charge in [0.15, 0.2) is 0 Å². The van der Waals surface area contributed by atoms with Crippen LogP contribution in [-0.2, 0) is 6.42 Å². The number of aromatic nitrogens is 2. The zero-order chi connectivity index (χ0) is 15.1. The first-order chi connectivity index (χ1) is 9.95. The minimum absolute atomic E-state index is 0.0359. The standard InChI is InChI=1S/C14H12FIN4S/c1-6-12-11(20-14(17)18-6)5-10(19-13(12)21)8-3-2-7(15)4-9(8)16/h2-4,10H,5H2,1H3,(H,19,21)(H2,17,18,20)/t10-/m1/s1. The molecule has 1 aliphatic heterocycles. The van der Waals surface area contributed by atoms with Crippen molar-refractivity contribution < 1.29 is 4.39 Å². The minimum atomic E-state index is -0.246. The number of fused-ring (bicyclic) bond motifs is 1. The Balaban J connectivity index is 2.04. The van der Waals surface area contributed by atoms with Crippen molar-refractivity contribution in [2.45, 2.75) is 19.4 Å². The number of aryl methyl sites for hydroxylation is 1. The normalized spacial score (nSPS) is 17.3. The lowest BCUT2D eigenvalue weighted by molar-refractivity contribution is 0.602. The van der Waals surface area contributed by atoms with E-state index < -0.39 is 0 Å². The molecule has 4 nitrogen and oxygen atoms in total. The number of thiocarbonyl (C=S) groups is 1. The Kier molecular flexibility index (Phi) is 3.78. The van der Waals surface area contributed by atoms with Gasteiger partial charge in [-0.05, 0) is 47.2 Å². The van der Waals surface area contributed by atoms with E-state index >= 15 is 0 Å². The summed E-state index contributed by atoms with van der Waals surface area (Å²) >= 11 is 7.56. The number of halogens is 2. The predicted molar refractivity (Wildman–Crippen MR) is 91.6 cm³/mol. The van der Waals surface area contributed by atoms with Crippen LogP contribution in [-0.4, -0.2) is 15.0 Å². The molecule has 3 N–H and O–H groups in total. The van der Waals surface area contributed by atoms with Crippen LogP contribution in [0.5, 0.6) is 0 Å². The molecule has 2 aromatic rings. The summed E-state index contributed by atoms with van der Waals surface area (Å²) in [7, 11) is 0. The van der Waals surface area contributed by atoms with Crippen molar-refractivity contribution in [3.63, 3.8) is 0 Å². The highest BCUT2D eigenvalue weighted by Crippen LogP contribution is 2.29. The summed E-state index contributed by atoms with van der Waals surface area (Å²) in [5.74, 6) is 0.00727. The molecule has 1 aromatic heterocycles. The van der Waals surface area contributed by atoms with E-state index in [0.29, 0.717) is 11.4 Å². The second-order valence-electron chi connectivity index (χ2n) is 4.88. The third kappa shape index (κ3) is 2.71. The lowest BCUT2D eigenvalue weighted by Gasteiger charge is -2.28. The molecule has 1 aliphatic rings. The maximum absolute atomic E-state index is 13.2. The number of benzene rings is 1. The van der Waals surface area contributed by atoms with Gasteiger partial charge in [-0.1, -0.05) is 18.3 Å². The maximum atomic E-state index is 13.2. The van der Waals surface area contributed by atoms with Gasteiger partial charge in [-0.3, -0.25) is 0 Å². The highest BCUT2D eigenvalue weighted by Gasteiger charge is 2.27. The average molecular weight is 414 g/mol. The lowest BCUT2D eigenvalue weighted by Crippen LogP contribution is -2.36. The molecule has 7 heteroatoms. The summed E-state index contributed by atoms with van der Waals surface area (Å²) < 4.78 is 14.1. The number of rotatable bonds is 1. The van der Waals surface area contributed by atoms with Crippen LogP contribution in [0.15, 0.2) is 18.2 Å². The molecule has 0 amide bonds. The molecule has 0 spiro atoms. The summed E-state index contributed by atoms with van der Waals surface area (Å²) in [6.07, 6.45) is 0.644. The molecular weight excluding hydrogens is 402 g/mol. The summed E-state index contributed by atoms with van der Waals surface area (Å²) in [4.78, 5) is 9.07. The SMILES string of the molecule is Cc1nc(N)nc2c1C(=S)N[C@@H](c1ccc(F)cc1I)C2. The third-order valence-corrected chi connectivity index (χ3v) is 4.71. The van der Waals surface area contributed by atoms with Crippen LogP contribution in [0.2, 0.25) is 0 Å². The van der Waals surface area contributed by atoms with Crippen LogP contribution >= 0.6 is 34.8 Å². The lowest BCUT2D eigenvalue weighted by atomic mass is 9.94. The van der Waals surface area contributed by atoms with Gasteiger partial charge in [0, 0.05) is 9.99 Å². The topological polar surface area (TPSA) is 63.8 Å². The monoisotopic (exact) mass is 414 g/mol. The highest BCUT2D eigenvalue weighted by atomic mass is 127. The van der Waals surface area contributed by atoms with Gasteiger partial charge in [-0.25, -0.2) is 14.4 Å². The maximum Gasteiger partial charge on any atom is 0.220 e. The van der Waals surface area contributed by atoms with E-state index in [-0.39, 0.29) is 17.8 Å². The fraction of sp³-hybridized carbons (Fsp3) is 0.214. The van der Waals surface area contributed by atoms with E-state index in [1.807, 2.05) is 6.92 Å².